The number of nitrogens with zero attached hydrogens (tertiary/aromatic N) is 3. The predicted octanol–water partition coefficient (Wildman–Crippen LogP) is 2.06. The van der Waals surface area contributed by atoms with Gasteiger partial charge in [-0.1, -0.05) is 13.8 Å². The lowest BCUT2D eigenvalue weighted by atomic mass is 10.1. The molecule has 0 saturated carbocycles. The van der Waals surface area contributed by atoms with Crippen molar-refractivity contribution in [2.75, 3.05) is 32.7 Å². The molecule has 0 aliphatic carbocycles. The van der Waals surface area contributed by atoms with Gasteiger partial charge in [-0.25, -0.2) is 4.39 Å². The van der Waals surface area contributed by atoms with Crippen LogP contribution >= 0.6 is 0 Å². The Hall–Kier alpha value is -1.04. The third-order valence-corrected chi connectivity index (χ3v) is 4.39. The molecule has 2 rings (SSSR count). The molecule has 2 heterocycles. The zero-order chi connectivity index (χ0) is 15.2. The van der Waals surface area contributed by atoms with Gasteiger partial charge in [-0.2, -0.15) is 0 Å². The van der Waals surface area contributed by atoms with E-state index in [4.69, 9.17) is 0 Å². The second kappa shape index (κ2) is 7.82. The number of aromatic nitrogens is 1. The van der Waals surface area contributed by atoms with Crippen LogP contribution in [0.15, 0.2) is 18.3 Å². The number of hydrogen-bond acceptors (Lipinski definition) is 4. The van der Waals surface area contributed by atoms with Crippen molar-refractivity contribution in [1.29, 1.82) is 0 Å². The van der Waals surface area contributed by atoms with Crippen LogP contribution in [0.4, 0.5) is 4.39 Å². The average molecular weight is 295 g/mol. The number of aliphatic hydroxyl groups excluding tert-OH is 1. The first-order valence-corrected chi connectivity index (χ1v) is 7.90. The van der Waals surface area contributed by atoms with Gasteiger partial charge in [0.2, 0.25) is 0 Å². The van der Waals surface area contributed by atoms with Crippen molar-refractivity contribution in [2.24, 2.45) is 0 Å². The molecule has 0 spiro atoms. The van der Waals surface area contributed by atoms with E-state index in [-0.39, 0.29) is 5.82 Å². The highest BCUT2D eigenvalue weighted by Crippen LogP contribution is 2.19. The maximum atomic E-state index is 12.8. The zero-order valence-corrected chi connectivity index (χ0v) is 13.0. The van der Waals surface area contributed by atoms with E-state index in [0.29, 0.717) is 18.2 Å². The molecule has 1 aliphatic heterocycles. The summed E-state index contributed by atoms with van der Waals surface area (Å²) in [6.07, 6.45) is 2.39. The van der Waals surface area contributed by atoms with E-state index in [9.17, 15) is 9.50 Å². The minimum absolute atomic E-state index is 0.368. The van der Waals surface area contributed by atoms with Gasteiger partial charge >= 0.3 is 0 Å². The molecular formula is C16H26FN3O. The van der Waals surface area contributed by atoms with Crippen LogP contribution in [-0.2, 0) is 0 Å². The Labute approximate surface area is 126 Å². The summed E-state index contributed by atoms with van der Waals surface area (Å²) < 4.78 is 12.8. The Balaban J connectivity index is 1.77. The normalized spacial score (nSPS) is 21.1. The Bertz CT molecular complexity index is 422. The van der Waals surface area contributed by atoms with Crippen LogP contribution in [0.25, 0.3) is 0 Å². The SMILES string of the molecule is CCN(CC)C1CCN(CCC(O)c2ccc(F)cn2)C1. The van der Waals surface area contributed by atoms with Gasteiger partial charge in [-0.3, -0.25) is 9.88 Å². The third-order valence-electron chi connectivity index (χ3n) is 4.39. The molecule has 0 aromatic carbocycles. The lowest BCUT2D eigenvalue weighted by Crippen LogP contribution is -2.37. The summed E-state index contributed by atoms with van der Waals surface area (Å²) in [5.41, 5.74) is 0.552. The summed E-state index contributed by atoms with van der Waals surface area (Å²) in [5.74, 6) is -0.368. The predicted molar refractivity (Wildman–Crippen MR) is 81.5 cm³/mol. The summed E-state index contributed by atoms with van der Waals surface area (Å²) in [7, 11) is 0. The highest BCUT2D eigenvalue weighted by Gasteiger charge is 2.26. The van der Waals surface area contributed by atoms with Crippen molar-refractivity contribution in [3.63, 3.8) is 0 Å². The van der Waals surface area contributed by atoms with Crippen molar-refractivity contribution in [3.8, 4) is 0 Å². The standard InChI is InChI=1S/C16H26FN3O/c1-3-20(4-2)14-7-9-19(12-14)10-8-16(21)15-6-5-13(17)11-18-15/h5-6,11,14,16,21H,3-4,7-10,12H2,1-2H3. The number of likely N-dealkylation sites (N-methyl/N-ethyl adjacent to an activating group) is 1. The largest absolute Gasteiger partial charge is 0.387 e. The zero-order valence-electron chi connectivity index (χ0n) is 13.0. The van der Waals surface area contributed by atoms with Crippen molar-refractivity contribution in [3.05, 3.63) is 29.8 Å². The van der Waals surface area contributed by atoms with Crippen LogP contribution in [0.1, 0.15) is 38.5 Å². The summed E-state index contributed by atoms with van der Waals surface area (Å²) in [6.45, 7) is 9.62. The number of halogens is 1. The van der Waals surface area contributed by atoms with E-state index in [2.05, 4.69) is 28.6 Å². The number of hydrogen-bond donors (Lipinski definition) is 1. The molecule has 0 amide bonds. The molecule has 5 heteroatoms. The molecule has 1 aromatic heterocycles. The summed E-state index contributed by atoms with van der Waals surface area (Å²) in [5, 5.41) is 10.1. The van der Waals surface area contributed by atoms with Crippen LogP contribution < -0.4 is 0 Å². The Morgan fingerprint density at radius 2 is 2.19 bits per heavy atom. The maximum absolute atomic E-state index is 12.8. The summed E-state index contributed by atoms with van der Waals surface area (Å²) in [6, 6.07) is 3.54. The van der Waals surface area contributed by atoms with E-state index in [1.807, 2.05) is 0 Å². The first-order valence-electron chi connectivity index (χ1n) is 7.90. The lowest BCUT2D eigenvalue weighted by molar-refractivity contribution is 0.140. The minimum atomic E-state index is -0.613. The molecule has 1 saturated heterocycles. The van der Waals surface area contributed by atoms with E-state index in [1.54, 1.807) is 6.07 Å². The Kier molecular flexibility index (Phi) is 6.08. The second-order valence-electron chi connectivity index (χ2n) is 5.67. The monoisotopic (exact) mass is 295 g/mol. The molecule has 4 nitrogen and oxygen atoms in total. The van der Waals surface area contributed by atoms with Crippen molar-refractivity contribution in [2.45, 2.75) is 38.8 Å². The van der Waals surface area contributed by atoms with Gasteiger partial charge in [-0.05, 0) is 44.6 Å². The van der Waals surface area contributed by atoms with Gasteiger partial charge in [0.1, 0.15) is 5.82 Å². The maximum Gasteiger partial charge on any atom is 0.141 e. The highest BCUT2D eigenvalue weighted by molar-refractivity contribution is 5.08. The van der Waals surface area contributed by atoms with Crippen molar-refractivity contribution < 1.29 is 9.50 Å². The third kappa shape index (κ3) is 4.46. The first kappa shape index (κ1) is 16.3. The molecule has 0 bridgehead atoms. The Morgan fingerprint density at radius 1 is 1.43 bits per heavy atom. The minimum Gasteiger partial charge on any atom is -0.387 e. The molecule has 1 aromatic rings. The van der Waals surface area contributed by atoms with Crippen LogP contribution in [0.2, 0.25) is 0 Å². The molecule has 118 valence electrons. The van der Waals surface area contributed by atoms with Crippen LogP contribution in [-0.4, -0.2) is 58.7 Å². The number of aliphatic hydroxyl groups is 1. The topological polar surface area (TPSA) is 39.6 Å². The average Bonchev–Trinajstić information content (AvgIpc) is 2.96. The number of rotatable bonds is 7. The van der Waals surface area contributed by atoms with E-state index >= 15 is 0 Å². The molecule has 1 aliphatic rings. The van der Waals surface area contributed by atoms with Crippen LogP contribution in [0.5, 0.6) is 0 Å². The number of pyridine rings is 1. The molecule has 1 N–H and O–H groups in total. The van der Waals surface area contributed by atoms with Crippen molar-refractivity contribution in [1.82, 2.24) is 14.8 Å². The fourth-order valence-electron chi connectivity index (χ4n) is 3.09. The smallest absolute Gasteiger partial charge is 0.141 e. The van der Waals surface area contributed by atoms with Gasteiger partial charge in [0, 0.05) is 19.1 Å². The summed E-state index contributed by atoms with van der Waals surface area (Å²) >= 11 is 0. The molecule has 2 unspecified atom stereocenters. The first-order chi connectivity index (χ1) is 10.1. The second-order valence-corrected chi connectivity index (χ2v) is 5.67. The lowest BCUT2D eigenvalue weighted by Gasteiger charge is -2.26. The Morgan fingerprint density at radius 3 is 2.81 bits per heavy atom. The quantitative estimate of drug-likeness (QED) is 0.836. The van der Waals surface area contributed by atoms with Crippen LogP contribution in [0, 0.1) is 5.82 Å². The molecule has 21 heavy (non-hydrogen) atoms. The van der Waals surface area contributed by atoms with Gasteiger partial charge < -0.3 is 10.0 Å². The molecular weight excluding hydrogens is 269 g/mol. The van der Waals surface area contributed by atoms with Gasteiger partial charge in [0.15, 0.2) is 0 Å². The number of likely N-dealkylation sites (tertiary alicyclic amines) is 1. The molecule has 1 fully saturated rings. The summed E-state index contributed by atoms with van der Waals surface area (Å²) in [4.78, 5) is 8.84. The van der Waals surface area contributed by atoms with Gasteiger partial charge in [-0.15, -0.1) is 0 Å². The van der Waals surface area contributed by atoms with Crippen molar-refractivity contribution >= 4 is 0 Å². The fourth-order valence-corrected chi connectivity index (χ4v) is 3.09. The van der Waals surface area contributed by atoms with Gasteiger partial charge in [0.05, 0.1) is 18.0 Å². The van der Waals surface area contributed by atoms with E-state index in [1.165, 1.54) is 12.5 Å². The van der Waals surface area contributed by atoms with Crippen LogP contribution in [0.3, 0.4) is 0 Å². The highest BCUT2D eigenvalue weighted by atomic mass is 19.1. The molecule has 2 atom stereocenters. The molecule has 0 radical (unpaired) electrons. The van der Waals surface area contributed by atoms with Gasteiger partial charge in [0.25, 0.3) is 0 Å². The van der Waals surface area contributed by atoms with E-state index < -0.39 is 6.10 Å². The van der Waals surface area contributed by atoms with E-state index in [0.717, 1.165) is 38.9 Å². The fraction of sp³-hybridized carbons (Fsp3) is 0.688.